The molecule has 6 nitrogen and oxygen atoms in total. The molecule has 0 amide bonds. The van der Waals surface area contributed by atoms with Gasteiger partial charge in [-0.1, -0.05) is 0 Å². The summed E-state index contributed by atoms with van der Waals surface area (Å²) in [4.78, 5) is 16.0. The Labute approximate surface area is 169 Å². The van der Waals surface area contributed by atoms with Crippen LogP contribution in [-0.4, -0.2) is 34.1 Å². The summed E-state index contributed by atoms with van der Waals surface area (Å²) in [5, 5.41) is 19.7. The van der Waals surface area contributed by atoms with Crippen molar-refractivity contribution >= 4 is 53.1 Å². The summed E-state index contributed by atoms with van der Waals surface area (Å²) >= 11 is 6.67. The third kappa shape index (κ3) is 3.12. The van der Waals surface area contributed by atoms with E-state index in [1.54, 1.807) is 25.5 Å². The van der Waals surface area contributed by atoms with E-state index in [0.717, 1.165) is 22.6 Å². The van der Waals surface area contributed by atoms with Crippen LogP contribution in [0.15, 0.2) is 47.5 Å². The van der Waals surface area contributed by atoms with Crippen LogP contribution in [0.1, 0.15) is 20.8 Å². The van der Waals surface area contributed by atoms with Crippen molar-refractivity contribution in [3.63, 3.8) is 0 Å². The second kappa shape index (κ2) is 7.06. The van der Waals surface area contributed by atoms with E-state index in [-0.39, 0.29) is 11.4 Å². The molecule has 140 valence electrons. The first-order valence-corrected chi connectivity index (χ1v) is 9.43. The first-order chi connectivity index (χ1) is 13.5. The molecule has 2 aromatic carbocycles. The quantitative estimate of drug-likeness (QED) is 0.596. The standard InChI is InChI=1S/C20H14N2O4S2/c1-26-14-6-7-15-12(10-21-16(15)9-14)8-17-18(23)22(20(27)28-17)13-4-2-11(3-5-13)19(24)25/h2-10,23H,1H3,(H,24,25)/b12-8-. The second-order valence-corrected chi connectivity index (χ2v) is 7.66. The highest BCUT2D eigenvalue weighted by Crippen LogP contribution is 2.38. The van der Waals surface area contributed by atoms with Gasteiger partial charge in [-0.05, 0) is 54.7 Å². The smallest absolute Gasteiger partial charge is 0.335 e. The first kappa shape index (κ1) is 18.1. The molecule has 0 spiro atoms. The summed E-state index contributed by atoms with van der Waals surface area (Å²) in [7, 11) is 1.60. The molecule has 0 bridgehead atoms. The number of ether oxygens (including phenoxy) is 1. The Morgan fingerprint density at radius 1 is 1.25 bits per heavy atom. The van der Waals surface area contributed by atoms with Gasteiger partial charge in [0.15, 0.2) is 3.95 Å². The molecule has 1 aliphatic rings. The molecule has 0 radical (unpaired) electrons. The lowest BCUT2D eigenvalue weighted by Crippen LogP contribution is -1.98. The molecule has 0 saturated heterocycles. The van der Waals surface area contributed by atoms with Crippen molar-refractivity contribution < 1.29 is 19.7 Å². The summed E-state index contributed by atoms with van der Waals surface area (Å²) in [6.45, 7) is 0. The highest BCUT2D eigenvalue weighted by atomic mass is 32.1. The Hall–Kier alpha value is -3.23. The zero-order valence-corrected chi connectivity index (χ0v) is 16.3. The molecule has 2 heterocycles. The molecule has 1 aromatic heterocycles. The summed E-state index contributed by atoms with van der Waals surface area (Å²) < 4.78 is 7.19. The number of fused-ring (bicyclic) bond motifs is 1. The fourth-order valence-corrected chi connectivity index (χ4v) is 4.21. The molecule has 8 heteroatoms. The van der Waals surface area contributed by atoms with Gasteiger partial charge in [-0.2, -0.15) is 0 Å². The van der Waals surface area contributed by atoms with Crippen LogP contribution in [0.25, 0.3) is 17.3 Å². The molecular formula is C20H14N2O4S2. The van der Waals surface area contributed by atoms with E-state index in [1.807, 2.05) is 24.3 Å². The predicted octanol–water partition coefficient (Wildman–Crippen LogP) is 4.94. The third-order valence-corrected chi connectivity index (χ3v) is 5.64. The van der Waals surface area contributed by atoms with Crippen LogP contribution in [0.4, 0.5) is 5.69 Å². The van der Waals surface area contributed by atoms with Gasteiger partial charge in [0.25, 0.3) is 0 Å². The van der Waals surface area contributed by atoms with Gasteiger partial charge in [0.2, 0.25) is 5.88 Å². The molecule has 2 N–H and O–H groups in total. The van der Waals surface area contributed by atoms with E-state index >= 15 is 0 Å². The lowest BCUT2D eigenvalue weighted by molar-refractivity contribution is 0.0697. The van der Waals surface area contributed by atoms with Crippen LogP contribution in [0.2, 0.25) is 0 Å². The van der Waals surface area contributed by atoms with Crippen molar-refractivity contribution in [1.82, 2.24) is 4.57 Å². The minimum Gasteiger partial charge on any atom is -0.497 e. The molecule has 0 aliphatic carbocycles. The number of hydrogen-bond donors (Lipinski definition) is 2. The number of carboxylic acids is 1. The molecule has 4 rings (SSSR count). The van der Waals surface area contributed by atoms with Crippen LogP contribution < -0.4 is 4.74 Å². The summed E-state index contributed by atoms with van der Waals surface area (Å²) in [6.07, 6.45) is 3.57. The van der Waals surface area contributed by atoms with Crippen LogP contribution >= 0.6 is 23.6 Å². The third-order valence-electron chi connectivity index (χ3n) is 4.33. The monoisotopic (exact) mass is 410 g/mol. The number of aliphatic imine (C=N–C) groups is 1. The maximum absolute atomic E-state index is 11.0. The van der Waals surface area contributed by atoms with Gasteiger partial charge in [-0.15, -0.1) is 11.3 Å². The normalized spacial score (nSPS) is 13.7. The Morgan fingerprint density at radius 2 is 2.00 bits per heavy atom. The van der Waals surface area contributed by atoms with E-state index in [4.69, 9.17) is 22.1 Å². The van der Waals surface area contributed by atoms with E-state index in [1.165, 1.54) is 28.0 Å². The Balaban J connectivity index is 1.73. The number of aromatic hydroxyl groups is 1. The minimum atomic E-state index is -1.01. The van der Waals surface area contributed by atoms with Gasteiger partial charge in [-0.25, -0.2) is 4.79 Å². The van der Waals surface area contributed by atoms with Crippen molar-refractivity contribution in [3.8, 4) is 17.3 Å². The predicted molar refractivity (Wildman–Crippen MR) is 112 cm³/mol. The number of carboxylic acid groups (broad SMARTS) is 1. The van der Waals surface area contributed by atoms with Gasteiger partial charge in [0, 0.05) is 23.4 Å². The summed E-state index contributed by atoms with van der Waals surface area (Å²) in [5.74, 6) is -0.279. The topological polar surface area (TPSA) is 84.1 Å². The van der Waals surface area contributed by atoms with E-state index < -0.39 is 5.97 Å². The average molecular weight is 410 g/mol. The number of methoxy groups -OCH3 is 1. The van der Waals surface area contributed by atoms with Crippen LogP contribution in [0.3, 0.4) is 0 Å². The number of thiazole rings is 1. The summed E-state index contributed by atoms with van der Waals surface area (Å²) in [5.41, 5.74) is 3.37. The van der Waals surface area contributed by atoms with Crippen molar-refractivity contribution in [1.29, 1.82) is 0 Å². The number of carbonyl (C=O) groups is 1. The lowest BCUT2D eigenvalue weighted by Gasteiger charge is -2.05. The highest BCUT2D eigenvalue weighted by molar-refractivity contribution is 7.73. The van der Waals surface area contributed by atoms with Gasteiger partial charge < -0.3 is 14.9 Å². The maximum Gasteiger partial charge on any atom is 0.335 e. The largest absolute Gasteiger partial charge is 0.497 e. The van der Waals surface area contributed by atoms with E-state index in [0.29, 0.717) is 14.5 Å². The highest BCUT2D eigenvalue weighted by Gasteiger charge is 2.17. The zero-order valence-electron chi connectivity index (χ0n) is 14.6. The number of benzene rings is 2. The number of rotatable bonds is 4. The van der Waals surface area contributed by atoms with Gasteiger partial charge >= 0.3 is 5.97 Å². The number of nitrogens with zero attached hydrogens (tertiary/aromatic N) is 2. The van der Waals surface area contributed by atoms with Crippen LogP contribution in [0, 0.1) is 3.95 Å². The van der Waals surface area contributed by atoms with Crippen LogP contribution in [0.5, 0.6) is 11.6 Å². The maximum atomic E-state index is 11.0. The number of aromatic nitrogens is 1. The first-order valence-electron chi connectivity index (χ1n) is 8.20. The van der Waals surface area contributed by atoms with Gasteiger partial charge in [0.05, 0.1) is 28.9 Å². The fraction of sp³-hybridized carbons (Fsp3) is 0.0500. The Bertz CT molecular complexity index is 1200. The van der Waals surface area contributed by atoms with Crippen molar-refractivity contribution in [2.45, 2.75) is 0 Å². The number of aromatic carboxylic acids is 1. The molecule has 3 aromatic rings. The lowest BCUT2D eigenvalue weighted by atomic mass is 10.1. The second-order valence-electron chi connectivity index (χ2n) is 5.98. The molecule has 0 saturated carbocycles. The molecule has 28 heavy (non-hydrogen) atoms. The Morgan fingerprint density at radius 3 is 2.68 bits per heavy atom. The fourth-order valence-electron chi connectivity index (χ4n) is 2.91. The van der Waals surface area contributed by atoms with E-state index in [2.05, 4.69) is 4.99 Å². The molecule has 1 aliphatic heterocycles. The zero-order chi connectivity index (χ0) is 19.8. The number of allylic oxidation sites excluding steroid dienone is 1. The SMILES string of the molecule is COc1ccc2c(c1)N=C/C2=C/c1sc(=S)n(-c2ccc(C(=O)O)cc2)c1O. The molecule has 0 fully saturated rings. The van der Waals surface area contributed by atoms with E-state index in [9.17, 15) is 9.90 Å². The number of hydrogen-bond acceptors (Lipinski definition) is 6. The molecular weight excluding hydrogens is 396 g/mol. The van der Waals surface area contributed by atoms with Crippen molar-refractivity contribution in [2.24, 2.45) is 4.99 Å². The molecule has 0 unspecified atom stereocenters. The summed E-state index contributed by atoms with van der Waals surface area (Å²) in [6, 6.07) is 11.8. The minimum absolute atomic E-state index is 0.000867. The van der Waals surface area contributed by atoms with Crippen molar-refractivity contribution in [2.75, 3.05) is 7.11 Å². The average Bonchev–Trinajstić information content (AvgIpc) is 3.22. The van der Waals surface area contributed by atoms with Gasteiger partial charge in [0.1, 0.15) is 5.75 Å². The Kier molecular flexibility index (Phi) is 4.58. The molecule has 0 atom stereocenters. The van der Waals surface area contributed by atoms with Gasteiger partial charge in [-0.3, -0.25) is 9.56 Å². The van der Waals surface area contributed by atoms with Crippen LogP contribution in [-0.2, 0) is 0 Å². The van der Waals surface area contributed by atoms with Crippen molar-refractivity contribution in [3.05, 3.63) is 62.4 Å².